The van der Waals surface area contributed by atoms with Gasteiger partial charge in [0, 0.05) is 12.6 Å². The van der Waals surface area contributed by atoms with Gasteiger partial charge in [0.05, 0.1) is 0 Å². The van der Waals surface area contributed by atoms with Crippen LogP contribution < -0.4 is 5.32 Å². The van der Waals surface area contributed by atoms with E-state index in [2.05, 4.69) is 46.5 Å². The van der Waals surface area contributed by atoms with Crippen molar-refractivity contribution in [3.63, 3.8) is 0 Å². The van der Waals surface area contributed by atoms with E-state index in [4.69, 9.17) is 4.42 Å². The van der Waals surface area contributed by atoms with Crippen molar-refractivity contribution in [2.24, 2.45) is 5.92 Å². The molecule has 0 radical (unpaired) electrons. The highest BCUT2D eigenvalue weighted by molar-refractivity contribution is 5.93. The van der Waals surface area contributed by atoms with Gasteiger partial charge in [0.15, 0.2) is 12.1 Å². The number of nitrogens with one attached hydrogen (secondary N) is 1. The first-order chi connectivity index (χ1) is 11.2. The first-order valence-corrected chi connectivity index (χ1v) is 8.10. The van der Waals surface area contributed by atoms with Crippen LogP contribution in [0, 0.1) is 12.8 Å². The maximum absolute atomic E-state index is 12.2. The van der Waals surface area contributed by atoms with Crippen molar-refractivity contribution in [2.75, 3.05) is 20.1 Å². The van der Waals surface area contributed by atoms with E-state index in [1.807, 2.05) is 6.07 Å². The zero-order chi connectivity index (χ0) is 16.2. The molecule has 1 aromatic heterocycles. The normalized spacial score (nSPS) is 22.0. The molecule has 1 fully saturated rings. The minimum Gasteiger partial charge on any atom is -0.448 e. The third kappa shape index (κ3) is 3.45. The molecule has 2 heterocycles. The predicted molar refractivity (Wildman–Crippen MR) is 88.1 cm³/mol. The van der Waals surface area contributed by atoms with Gasteiger partial charge in [-0.25, -0.2) is 4.98 Å². The minimum atomic E-state index is -0.156. The second-order valence-corrected chi connectivity index (χ2v) is 6.21. The van der Waals surface area contributed by atoms with Crippen LogP contribution in [-0.2, 0) is 0 Å². The Hall–Kier alpha value is -2.14. The summed E-state index contributed by atoms with van der Waals surface area (Å²) in [4.78, 5) is 18.6. The Labute approximate surface area is 136 Å². The van der Waals surface area contributed by atoms with Gasteiger partial charge in [-0.05, 0) is 44.8 Å². The lowest BCUT2D eigenvalue weighted by molar-refractivity contribution is 0.0886. The molecule has 1 aromatic carbocycles. The molecule has 2 atom stereocenters. The number of hydrogen-bond donors (Lipinski definition) is 1. The molecule has 122 valence electrons. The van der Waals surface area contributed by atoms with Gasteiger partial charge in [-0.2, -0.15) is 0 Å². The summed E-state index contributed by atoms with van der Waals surface area (Å²) in [5.74, 6) is 0.798. The zero-order valence-corrected chi connectivity index (χ0v) is 13.7. The molecule has 1 N–H and O–H groups in total. The SMILES string of the molecule is Cc1ocnc1C(=O)NC[C@H]1CCCN(C)[C@@H]1c1ccccc1. The second kappa shape index (κ2) is 6.96. The van der Waals surface area contributed by atoms with Crippen molar-refractivity contribution in [3.8, 4) is 0 Å². The van der Waals surface area contributed by atoms with Gasteiger partial charge in [0.2, 0.25) is 0 Å². The van der Waals surface area contributed by atoms with Crippen LogP contribution in [-0.4, -0.2) is 35.9 Å². The summed E-state index contributed by atoms with van der Waals surface area (Å²) in [5.41, 5.74) is 1.69. The van der Waals surface area contributed by atoms with Gasteiger partial charge in [-0.1, -0.05) is 30.3 Å². The molecule has 1 saturated heterocycles. The summed E-state index contributed by atoms with van der Waals surface area (Å²) in [7, 11) is 2.16. The van der Waals surface area contributed by atoms with Gasteiger partial charge in [0.25, 0.3) is 5.91 Å². The number of likely N-dealkylation sites (tertiary alicyclic amines) is 1. The molecule has 23 heavy (non-hydrogen) atoms. The number of carbonyl (C=O) groups is 1. The van der Waals surface area contributed by atoms with Crippen LogP contribution >= 0.6 is 0 Å². The number of aromatic nitrogens is 1. The summed E-state index contributed by atoms with van der Waals surface area (Å²) in [6, 6.07) is 10.9. The van der Waals surface area contributed by atoms with Gasteiger partial charge < -0.3 is 9.73 Å². The van der Waals surface area contributed by atoms with Crippen LogP contribution in [0.2, 0.25) is 0 Å². The Morgan fingerprint density at radius 1 is 1.39 bits per heavy atom. The number of hydrogen-bond acceptors (Lipinski definition) is 4. The van der Waals surface area contributed by atoms with Gasteiger partial charge in [0.1, 0.15) is 5.76 Å². The number of carbonyl (C=O) groups excluding carboxylic acids is 1. The Balaban J connectivity index is 1.70. The molecule has 1 aliphatic rings. The quantitative estimate of drug-likeness (QED) is 0.943. The van der Waals surface area contributed by atoms with Crippen molar-refractivity contribution in [3.05, 3.63) is 53.7 Å². The topological polar surface area (TPSA) is 58.4 Å². The predicted octanol–water partition coefficient (Wildman–Crippen LogP) is 2.80. The van der Waals surface area contributed by atoms with Gasteiger partial charge in [-0.15, -0.1) is 0 Å². The lowest BCUT2D eigenvalue weighted by atomic mass is 9.85. The lowest BCUT2D eigenvalue weighted by Crippen LogP contribution is -2.41. The van der Waals surface area contributed by atoms with E-state index in [1.165, 1.54) is 12.0 Å². The summed E-state index contributed by atoms with van der Waals surface area (Å²) in [6.07, 6.45) is 3.58. The molecule has 5 heteroatoms. The highest BCUT2D eigenvalue weighted by Crippen LogP contribution is 2.34. The van der Waals surface area contributed by atoms with E-state index < -0.39 is 0 Å². The van der Waals surface area contributed by atoms with Crippen molar-refractivity contribution in [2.45, 2.75) is 25.8 Å². The van der Waals surface area contributed by atoms with E-state index >= 15 is 0 Å². The standard InChI is InChI=1S/C18H23N3O2/c1-13-16(20-12-23-13)18(22)19-11-15-9-6-10-21(2)17(15)14-7-4-3-5-8-14/h3-5,7-8,12,15,17H,6,9-11H2,1-2H3,(H,19,22)/t15-,17-/m1/s1. The molecule has 0 bridgehead atoms. The molecular formula is C18H23N3O2. The molecule has 0 unspecified atom stereocenters. The minimum absolute atomic E-state index is 0.156. The molecule has 2 aromatic rings. The van der Waals surface area contributed by atoms with E-state index in [0.717, 1.165) is 19.4 Å². The molecule has 0 saturated carbocycles. The molecule has 0 spiro atoms. The lowest BCUT2D eigenvalue weighted by Gasteiger charge is -2.39. The third-order valence-electron chi connectivity index (χ3n) is 4.63. The third-order valence-corrected chi connectivity index (χ3v) is 4.63. The number of piperidine rings is 1. The Bertz CT molecular complexity index is 653. The van der Waals surface area contributed by atoms with Crippen molar-refractivity contribution < 1.29 is 9.21 Å². The zero-order valence-electron chi connectivity index (χ0n) is 13.7. The first kappa shape index (κ1) is 15.7. The fourth-order valence-electron chi connectivity index (χ4n) is 3.48. The van der Waals surface area contributed by atoms with Gasteiger partial charge in [-0.3, -0.25) is 9.69 Å². The highest BCUT2D eigenvalue weighted by Gasteiger charge is 2.30. The average molecular weight is 313 g/mol. The Morgan fingerprint density at radius 3 is 2.87 bits per heavy atom. The van der Waals surface area contributed by atoms with Crippen LogP contribution in [0.3, 0.4) is 0 Å². The highest BCUT2D eigenvalue weighted by atomic mass is 16.3. The number of oxazole rings is 1. The number of nitrogens with zero attached hydrogens (tertiary/aromatic N) is 2. The second-order valence-electron chi connectivity index (χ2n) is 6.21. The molecule has 0 aliphatic carbocycles. The monoisotopic (exact) mass is 313 g/mol. The fourth-order valence-corrected chi connectivity index (χ4v) is 3.48. The van der Waals surface area contributed by atoms with Crippen LogP contribution in [0.25, 0.3) is 0 Å². The van der Waals surface area contributed by atoms with Crippen LogP contribution in [0.4, 0.5) is 0 Å². The molecule has 1 amide bonds. The fraction of sp³-hybridized carbons (Fsp3) is 0.444. The number of aryl methyl sites for hydroxylation is 1. The van der Waals surface area contributed by atoms with Crippen LogP contribution in [0.15, 0.2) is 41.1 Å². The molecule has 1 aliphatic heterocycles. The van der Waals surface area contributed by atoms with Crippen molar-refractivity contribution in [1.82, 2.24) is 15.2 Å². The molecular weight excluding hydrogens is 290 g/mol. The first-order valence-electron chi connectivity index (χ1n) is 8.10. The Kier molecular flexibility index (Phi) is 4.76. The van der Waals surface area contributed by atoms with E-state index in [-0.39, 0.29) is 5.91 Å². The van der Waals surface area contributed by atoms with E-state index in [9.17, 15) is 4.79 Å². The number of benzene rings is 1. The van der Waals surface area contributed by atoms with Crippen LogP contribution in [0.1, 0.15) is 40.7 Å². The smallest absolute Gasteiger partial charge is 0.273 e. The average Bonchev–Trinajstić information content (AvgIpc) is 2.99. The van der Waals surface area contributed by atoms with Crippen LogP contribution in [0.5, 0.6) is 0 Å². The molecule has 5 nitrogen and oxygen atoms in total. The summed E-state index contributed by atoms with van der Waals surface area (Å²) in [6.45, 7) is 3.49. The summed E-state index contributed by atoms with van der Waals surface area (Å²) < 4.78 is 5.10. The number of amides is 1. The van der Waals surface area contributed by atoms with Crippen molar-refractivity contribution in [1.29, 1.82) is 0 Å². The van der Waals surface area contributed by atoms with Crippen molar-refractivity contribution >= 4 is 5.91 Å². The maximum Gasteiger partial charge on any atom is 0.273 e. The summed E-state index contributed by atoms with van der Waals surface area (Å²) >= 11 is 0. The van der Waals surface area contributed by atoms with Gasteiger partial charge >= 0.3 is 0 Å². The maximum atomic E-state index is 12.2. The summed E-state index contributed by atoms with van der Waals surface area (Å²) in [5, 5.41) is 3.03. The van der Waals surface area contributed by atoms with E-state index in [1.54, 1.807) is 6.92 Å². The largest absolute Gasteiger partial charge is 0.448 e. The van der Waals surface area contributed by atoms with E-state index in [0.29, 0.717) is 30.0 Å². The molecule has 3 rings (SSSR count). The number of rotatable bonds is 4. The Morgan fingerprint density at radius 2 is 2.17 bits per heavy atom.